The van der Waals surface area contributed by atoms with E-state index in [1.807, 2.05) is 13.8 Å². The van der Waals surface area contributed by atoms with Crippen molar-refractivity contribution in [1.82, 2.24) is 10.2 Å². The summed E-state index contributed by atoms with van der Waals surface area (Å²) in [5, 5.41) is 12.0. The van der Waals surface area contributed by atoms with Gasteiger partial charge in [-0.1, -0.05) is 20.3 Å². The zero-order valence-electron chi connectivity index (χ0n) is 16.1. The van der Waals surface area contributed by atoms with Crippen molar-refractivity contribution in [2.45, 2.75) is 64.1 Å². The largest absolute Gasteiger partial charge is 0.480 e. The number of nitrogens with zero attached hydrogens (tertiary/aromatic N) is 2. The van der Waals surface area contributed by atoms with Gasteiger partial charge in [-0.2, -0.15) is 0 Å². The van der Waals surface area contributed by atoms with E-state index in [0.717, 1.165) is 6.42 Å². The minimum absolute atomic E-state index is 0.0408. The zero-order chi connectivity index (χ0) is 20.6. The third-order valence-electron chi connectivity index (χ3n) is 4.94. The predicted molar refractivity (Wildman–Crippen MR) is 102 cm³/mol. The Morgan fingerprint density at radius 3 is 2.56 bits per heavy atom. The quantitative estimate of drug-likeness (QED) is 0.182. The zero-order valence-corrected chi connectivity index (χ0v) is 16.1. The number of nitrogens with two attached hydrogens (primary N) is 3. The highest BCUT2D eigenvalue weighted by Gasteiger charge is 2.38. The number of amides is 2. The molecule has 1 heterocycles. The maximum Gasteiger partial charge on any atom is 0.326 e. The molecule has 0 spiro atoms. The summed E-state index contributed by atoms with van der Waals surface area (Å²) in [4.78, 5) is 41.9. The minimum atomic E-state index is -1.04. The summed E-state index contributed by atoms with van der Waals surface area (Å²) in [6.45, 7) is 4.45. The van der Waals surface area contributed by atoms with Crippen molar-refractivity contribution in [1.29, 1.82) is 0 Å². The number of carbonyl (C=O) groups is 3. The molecular weight excluding hydrogens is 352 g/mol. The number of carbonyl (C=O) groups excluding carboxylic acids is 2. The maximum absolute atomic E-state index is 12.9. The Morgan fingerprint density at radius 2 is 2.00 bits per heavy atom. The van der Waals surface area contributed by atoms with Gasteiger partial charge in [0.1, 0.15) is 12.1 Å². The molecule has 0 aromatic heterocycles. The highest BCUT2D eigenvalue weighted by atomic mass is 16.4. The fourth-order valence-corrected chi connectivity index (χ4v) is 3.03. The van der Waals surface area contributed by atoms with Crippen LogP contribution in [0.15, 0.2) is 4.99 Å². The van der Waals surface area contributed by atoms with Crippen molar-refractivity contribution in [3.63, 3.8) is 0 Å². The molecule has 1 aliphatic heterocycles. The van der Waals surface area contributed by atoms with E-state index < -0.39 is 35.9 Å². The van der Waals surface area contributed by atoms with Crippen LogP contribution in [0.25, 0.3) is 0 Å². The Bertz CT molecular complexity index is 564. The van der Waals surface area contributed by atoms with E-state index in [2.05, 4.69) is 10.3 Å². The van der Waals surface area contributed by atoms with E-state index in [9.17, 15) is 19.5 Å². The Hall–Kier alpha value is -2.36. The van der Waals surface area contributed by atoms with Crippen molar-refractivity contribution in [3.05, 3.63) is 0 Å². The number of rotatable bonds is 10. The highest BCUT2D eigenvalue weighted by Crippen LogP contribution is 2.20. The first kappa shape index (κ1) is 22.7. The van der Waals surface area contributed by atoms with Gasteiger partial charge in [0.15, 0.2) is 5.96 Å². The van der Waals surface area contributed by atoms with Crippen LogP contribution in [0.1, 0.15) is 46.0 Å². The van der Waals surface area contributed by atoms with Crippen LogP contribution in [0.2, 0.25) is 0 Å². The second kappa shape index (κ2) is 10.7. The number of carboxylic acids is 1. The first-order chi connectivity index (χ1) is 12.7. The normalized spacial score (nSPS) is 19.8. The number of carboxylic acid groups (broad SMARTS) is 1. The van der Waals surface area contributed by atoms with Crippen LogP contribution in [0.3, 0.4) is 0 Å². The molecule has 10 heteroatoms. The molecule has 0 aromatic rings. The standard InChI is InChI=1S/C17H32N6O4/c1-3-10(2)13(18)14(24)22-11(6-4-8-21-17(19)20)15(25)23-9-5-7-12(23)16(26)27/h10-13H,3-9,18H2,1-2H3,(H,22,24)(H,26,27)(H4,19,20,21)/t10-,11-,12+,13-/m0/s1. The summed E-state index contributed by atoms with van der Waals surface area (Å²) in [6.07, 6.45) is 2.49. The lowest BCUT2D eigenvalue weighted by Crippen LogP contribution is -2.55. The van der Waals surface area contributed by atoms with Crippen molar-refractivity contribution in [3.8, 4) is 0 Å². The molecule has 1 rings (SSSR count). The van der Waals surface area contributed by atoms with Crippen molar-refractivity contribution < 1.29 is 19.5 Å². The Balaban J connectivity index is 2.86. The molecule has 0 aromatic carbocycles. The van der Waals surface area contributed by atoms with E-state index in [0.29, 0.717) is 32.4 Å². The third-order valence-corrected chi connectivity index (χ3v) is 4.94. The van der Waals surface area contributed by atoms with Crippen LogP contribution in [-0.2, 0) is 14.4 Å². The molecule has 154 valence electrons. The summed E-state index contributed by atoms with van der Waals surface area (Å²) in [5.41, 5.74) is 16.5. The van der Waals surface area contributed by atoms with Crippen molar-refractivity contribution in [2.75, 3.05) is 13.1 Å². The topological polar surface area (TPSA) is 177 Å². The molecule has 10 nitrogen and oxygen atoms in total. The number of likely N-dealkylation sites (tertiary alicyclic amines) is 1. The number of aliphatic imine (C=N–C) groups is 1. The van der Waals surface area contributed by atoms with E-state index in [4.69, 9.17) is 17.2 Å². The number of hydrogen-bond donors (Lipinski definition) is 5. The van der Waals surface area contributed by atoms with Gasteiger partial charge in [0.05, 0.1) is 6.04 Å². The molecule has 1 saturated heterocycles. The summed E-state index contributed by atoms with van der Waals surface area (Å²) in [7, 11) is 0. The molecular formula is C17H32N6O4. The summed E-state index contributed by atoms with van der Waals surface area (Å²) >= 11 is 0. The second-order valence-electron chi connectivity index (χ2n) is 6.95. The summed E-state index contributed by atoms with van der Waals surface area (Å²) in [5.74, 6) is -1.96. The number of hydrogen-bond acceptors (Lipinski definition) is 5. The molecule has 0 unspecified atom stereocenters. The fraction of sp³-hybridized carbons (Fsp3) is 0.765. The SMILES string of the molecule is CC[C@H](C)[C@H](N)C(=O)N[C@@H](CCCN=C(N)N)C(=O)N1CCC[C@@H]1C(=O)O. The Morgan fingerprint density at radius 1 is 1.33 bits per heavy atom. The van der Waals surface area contributed by atoms with Gasteiger partial charge >= 0.3 is 5.97 Å². The van der Waals surface area contributed by atoms with Gasteiger partial charge in [-0.05, 0) is 31.6 Å². The molecule has 0 radical (unpaired) electrons. The Labute approximate surface area is 159 Å². The first-order valence-electron chi connectivity index (χ1n) is 9.33. The van der Waals surface area contributed by atoms with E-state index in [1.54, 1.807) is 0 Å². The molecule has 8 N–H and O–H groups in total. The number of aliphatic carboxylic acids is 1. The fourth-order valence-electron chi connectivity index (χ4n) is 3.03. The Kier molecular flexibility index (Phi) is 8.99. The minimum Gasteiger partial charge on any atom is -0.480 e. The van der Waals surface area contributed by atoms with Crippen LogP contribution in [-0.4, -0.2) is 65.0 Å². The van der Waals surface area contributed by atoms with Gasteiger partial charge in [-0.3, -0.25) is 14.6 Å². The van der Waals surface area contributed by atoms with Crippen LogP contribution in [0.5, 0.6) is 0 Å². The van der Waals surface area contributed by atoms with Gasteiger partial charge in [0.25, 0.3) is 0 Å². The lowest BCUT2D eigenvalue weighted by molar-refractivity contribution is -0.149. The van der Waals surface area contributed by atoms with E-state index in [-0.39, 0.29) is 18.3 Å². The monoisotopic (exact) mass is 384 g/mol. The number of guanidine groups is 1. The van der Waals surface area contributed by atoms with Crippen LogP contribution < -0.4 is 22.5 Å². The van der Waals surface area contributed by atoms with Gasteiger partial charge < -0.3 is 32.5 Å². The van der Waals surface area contributed by atoms with E-state index in [1.165, 1.54) is 4.90 Å². The molecule has 2 amide bonds. The average Bonchev–Trinajstić information content (AvgIpc) is 3.11. The molecule has 4 atom stereocenters. The maximum atomic E-state index is 12.9. The first-order valence-corrected chi connectivity index (χ1v) is 9.33. The van der Waals surface area contributed by atoms with Gasteiger partial charge in [0, 0.05) is 13.1 Å². The predicted octanol–water partition coefficient (Wildman–Crippen LogP) is -1.03. The lowest BCUT2D eigenvalue weighted by Gasteiger charge is -2.28. The van der Waals surface area contributed by atoms with Crippen LogP contribution in [0, 0.1) is 5.92 Å². The molecule has 1 aliphatic rings. The van der Waals surface area contributed by atoms with Gasteiger partial charge in [0.2, 0.25) is 11.8 Å². The smallest absolute Gasteiger partial charge is 0.326 e. The van der Waals surface area contributed by atoms with Gasteiger partial charge in [-0.25, -0.2) is 4.79 Å². The van der Waals surface area contributed by atoms with Crippen LogP contribution >= 0.6 is 0 Å². The molecule has 0 saturated carbocycles. The van der Waals surface area contributed by atoms with E-state index >= 15 is 0 Å². The molecule has 27 heavy (non-hydrogen) atoms. The van der Waals surface area contributed by atoms with Crippen molar-refractivity contribution >= 4 is 23.7 Å². The number of nitrogens with one attached hydrogen (secondary N) is 1. The molecule has 0 aliphatic carbocycles. The van der Waals surface area contributed by atoms with Crippen LogP contribution in [0.4, 0.5) is 0 Å². The second-order valence-corrected chi connectivity index (χ2v) is 6.95. The average molecular weight is 384 g/mol. The summed E-state index contributed by atoms with van der Waals surface area (Å²) < 4.78 is 0. The molecule has 0 bridgehead atoms. The third kappa shape index (κ3) is 6.70. The lowest BCUT2D eigenvalue weighted by atomic mass is 9.98. The highest BCUT2D eigenvalue weighted by molar-refractivity contribution is 5.92. The van der Waals surface area contributed by atoms with Gasteiger partial charge in [-0.15, -0.1) is 0 Å². The van der Waals surface area contributed by atoms with Crippen molar-refractivity contribution in [2.24, 2.45) is 28.1 Å². The summed E-state index contributed by atoms with van der Waals surface area (Å²) in [6, 6.07) is -2.46. The molecule has 1 fully saturated rings.